The number of carboxylic acid groups (broad SMARTS) is 1. The number of aliphatic carboxylic acids is 1. The summed E-state index contributed by atoms with van der Waals surface area (Å²) in [6, 6.07) is -1.52. The first-order chi connectivity index (χ1) is 27.6. The molecule has 334 valence electrons. The van der Waals surface area contributed by atoms with Gasteiger partial charge in [-0.05, 0) is 38.5 Å². The van der Waals surface area contributed by atoms with Crippen LogP contribution in [0.3, 0.4) is 0 Å². The lowest BCUT2D eigenvalue weighted by Gasteiger charge is -2.20. The minimum atomic E-state index is -4.72. The molecule has 13 heteroatoms. The smallest absolute Gasteiger partial charge is 0.472 e. The maximum Gasteiger partial charge on any atom is 0.472 e. The first-order valence-corrected chi connectivity index (χ1v) is 24.3. The average molecular weight is 832 g/mol. The van der Waals surface area contributed by atoms with Crippen molar-refractivity contribution >= 4 is 25.7 Å². The SMILES string of the molecule is CCCCC/C=C\CC1OC1CCCCCCCC(=O)O[C@H](COC(=O)CCCCCCCCCCCCCCCCCCC)COP(=O)(O)OC[C@H](N)C(=O)O. The average Bonchev–Trinajstić information content (AvgIpc) is 3.94. The maximum atomic E-state index is 12.7. The Morgan fingerprint density at radius 2 is 1.11 bits per heavy atom. The van der Waals surface area contributed by atoms with Crippen molar-refractivity contribution < 1.29 is 52.2 Å². The lowest BCUT2D eigenvalue weighted by Crippen LogP contribution is -2.34. The van der Waals surface area contributed by atoms with Crippen LogP contribution in [0.4, 0.5) is 0 Å². The molecule has 1 fully saturated rings. The second-order valence-electron chi connectivity index (χ2n) is 15.9. The topological polar surface area (TPSA) is 184 Å². The van der Waals surface area contributed by atoms with Crippen LogP contribution in [-0.4, -0.2) is 72.1 Å². The number of epoxide rings is 1. The standard InChI is InChI=1S/C44H82NO11P/c1-3-5-7-9-11-12-13-14-15-16-17-18-19-20-21-25-29-33-42(46)52-35-38(36-53-57(50,51)54-37-39(45)44(48)49)55-43(47)34-30-26-22-24-28-32-41-40(56-41)31-27-23-10-8-6-4-2/h23,27,38-41H,3-22,24-26,28-37,45H2,1-2H3,(H,48,49)(H,50,51)/b27-23-/t38-,39+,40?,41?/m1/s1. The van der Waals surface area contributed by atoms with Crippen LogP contribution in [0.5, 0.6) is 0 Å². The number of phosphoric acid groups is 1. The summed E-state index contributed by atoms with van der Waals surface area (Å²) in [6.07, 6.45) is 37.2. The van der Waals surface area contributed by atoms with Crippen LogP contribution in [0, 0.1) is 0 Å². The molecule has 57 heavy (non-hydrogen) atoms. The molecule has 1 heterocycles. The van der Waals surface area contributed by atoms with Crippen molar-refractivity contribution in [2.75, 3.05) is 19.8 Å². The molecule has 0 aromatic rings. The predicted molar refractivity (Wildman–Crippen MR) is 226 cm³/mol. The lowest BCUT2D eigenvalue weighted by atomic mass is 10.0. The van der Waals surface area contributed by atoms with Gasteiger partial charge in [-0.3, -0.25) is 23.4 Å². The van der Waals surface area contributed by atoms with Crippen molar-refractivity contribution in [1.82, 2.24) is 0 Å². The van der Waals surface area contributed by atoms with E-state index in [1.807, 2.05) is 0 Å². The van der Waals surface area contributed by atoms with Gasteiger partial charge in [0.2, 0.25) is 0 Å². The fraction of sp³-hybridized carbons (Fsp3) is 0.886. The van der Waals surface area contributed by atoms with Crippen LogP contribution in [-0.2, 0) is 42.2 Å². The van der Waals surface area contributed by atoms with Crippen LogP contribution < -0.4 is 5.73 Å². The summed E-state index contributed by atoms with van der Waals surface area (Å²) in [5.41, 5.74) is 5.34. The summed E-state index contributed by atoms with van der Waals surface area (Å²) in [7, 11) is -4.72. The van der Waals surface area contributed by atoms with Gasteiger partial charge in [0.15, 0.2) is 6.10 Å². The monoisotopic (exact) mass is 832 g/mol. The highest BCUT2D eigenvalue weighted by molar-refractivity contribution is 7.47. The molecule has 1 rings (SSSR count). The van der Waals surface area contributed by atoms with E-state index in [0.29, 0.717) is 25.0 Å². The van der Waals surface area contributed by atoms with E-state index in [2.05, 4.69) is 30.5 Å². The van der Waals surface area contributed by atoms with Gasteiger partial charge in [-0.1, -0.05) is 167 Å². The van der Waals surface area contributed by atoms with Gasteiger partial charge in [0.05, 0.1) is 25.4 Å². The first-order valence-electron chi connectivity index (χ1n) is 22.8. The molecule has 1 saturated heterocycles. The van der Waals surface area contributed by atoms with E-state index in [0.717, 1.165) is 64.2 Å². The van der Waals surface area contributed by atoms with Crippen molar-refractivity contribution in [1.29, 1.82) is 0 Å². The first kappa shape index (κ1) is 53.2. The highest BCUT2D eigenvalue weighted by Gasteiger charge is 2.36. The number of esters is 2. The number of unbranched alkanes of at least 4 members (excludes halogenated alkanes) is 23. The molecule has 0 aromatic carbocycles. The molecule has 0 radical (unpaired) electrons. The van der Waals surface area contributed by atoms with Gasteiger partial charge >= 0.3 is 25.7 Å². The van der Waals surface area contributed by atoms with Crippen molar-refractivity contribution in [2.24, 2.45) is 5.73 Å². The third-order valence-corrected chi connectivity index (χ3v) is 11.4. The minimum absolute atomic E-state index is 0.142. The molecule has 0 amide bonds. The molecule has 0 aromatic heterocycles. The van der Waals surface area contributed by atoms with E-state index in [9.17, 15) is 23.8 Å². The van der Waals surface area contributed by atoms with Crippen LogP contribution in [0.2, 0.25) is 0 Å². The number of allylic oxidation sites excluding steroid dienone is 1. The van der Waals surface area contributed by atoms with Crippen LogP contribution in [0.25, 0.3) is 0 Å². The number of phosphoric ester groups is 1. The third kappa shape index (κ3) is 33.7. The van der Waals surface area contributed by atoms with Gasteiger partial charge in [-0.15, -0.1) is 0 Å². The number of carbonyl (C=O) groups is 3. The number of carboxylic acids is 1. The third-order valence-electron chi connectivity index (χ3n) is 10.4. The second kappa shape index (κ2) is 36.1. The number of rotatable bonds is 42. The molecular formula is C44H82NO11P. The van der Waals surface area contributed by atoms with Gasteiger partial charge in [-0.25, -0.2) is 4.57 Å². The Kier molecular flexibility index (Phi) is 33.7. The number of nitrogens with two attached hydrogens (primary N) is 1. The Balaban J connectivity index is 2.25. The highest BCUT2D eigenvalue weighted by atomic mass is 31.2. The quantitative estimate of drug-likeness (QED) is 0.0174. The predicted octanol–water partition coefficient (Wildman–Crippen LogP) is 11.1. The largest absolute Gasteiger partial charge is 0.480 e. The van der Waals surface area contributed by atoms with E-state index in [1.165, 1.54) is 103 Å². The Hall–Kier alpha value is -1.82. The molecule has 0 aliphatic carbocycles. The fourth-order valence-corrected chi connectivity index (χ4v) is 7.50. The Morgan fingerprint density at radius 3 is 1.65 bits per heavy atom. The molecular weight excluding hydrogens is 749 g/mol. The summed E-state index contributed by atoms with van der Waals surface area (Å²) in [4.78, 5) is 46.0. The molecule has 0 spiro atoms. The summed E-state index contributed by atoms with van der Waals surface area (Å²) in [5.74, 6) is -2.39. The van der Waals surface area contributed by atoms with Gasteiger partial charge in [0.1, 0.15) is 12.6 Å². The zero-order valence-corrected chi connectivity index (χ0v) is 36.8. The molecule has 0 saturated carbocycles. The van der Waals surface area contributed by atoms with Crippen LogP contribution >= 0.6 is 7.82 Å². The minimum Gasteiger partial charge on any atom is -0.480 e. The van der Waals surface area contributed by atoms with E-state index in [1.54, 1.807) is 0 Å². The van der Waals surface area contributed by atoms with E-state index >= 15 is 0 Å². The zero-order valence-electron chi connectivity index (χ0n) is 35.9. The van der Waals surface area contributed by atoms with E-state index < -0.39 is 51.1 Å². The molecule has 5 atom stereocenters. The van der Waals surface area contributed by atoms with Gasteiger partial charge in [0, 0.05) is 12.8 Å². The Bertz CT molecular complexity index is 1090. The summed E-state index contributed by atoms with van der Waals surface area (Å²) in [5, 5.41) is 8.90. The number of carbonyl (C=O) groups excluding carboxylic acids is 2. The summed E-state index contributed by atoms with van der Waals surface area (Å²) >= 11 is 0. The van der Waals surface area contributed by atoms with E-state index in [-0.39, 0.29) is 19.4 Å². The number of hydrogen-bond donors (Lipinski definition) is 3. The highest BCUT2D eigenvalue weighted by Crippen LogP contribution is 2.43. The number of ether oxygens (including phenoxy) is 3. The maximum absolute atomic E-state index is 12.7. The zero-order chi connectivity index (χ0) is 41.8. The van der Waals surface area contributed by atoms with Gasteiger partial charge < -0.3 is 29.9 Å². The second-order valence-corrected chi connectivity index (χ2v) is 17.4. The Labute approximate surface area is 345 Å². The summed E-state index contributed by atoms with van der Waals surface area (Å²) in [6.45, 7) is 2.77. The molecule has 1 aliphatic heterocycles. The van der Waals surface area contributed by atoms with Crippen LogP contribution in [0.1, 0.15) is 206 Å². The molecule has 0 bridgehead atoms. The van der Waals surface area contributed by atoms with Crippen molar-refractivity contribution in [3.8, 4) is 0 Å². The van der Waals surface area contributed by atoms with E-state index in [4.69, 9.17) is 29.6 Å². The van der Waals surface area contributed by atoms with Crippen molar-refractivity contribution in [2.45, 2.75) is 231 Å². The van der Waals surface area contributed by atoms with Gasteiger partial charge in [0.25, 0.3) is 0 Å². The van der Waals surface area contributed by atoms with Gasteiger partial charge in [-0.2, -0.15) is 0 Å². The van der Waals surface area contributed by atoms with Crippen molar-refractivity contribution in [3.05, 3.63) is 12.2 Å². The molecule has 4 N–H and O–H groups in total. The summed E-state index contributed by atoms with van der Waals surface area (Å²) < 4.78 is 38.5. The van der Waals surface area contributed by atoms with Crippen LogP contribution in [0.15, 0.2) is 12.2 Å². The molecule has 3 unspecified atom stereocenters. The number of hydrogen-bond acceptors (Lipinski definition) is 10. The van der Waals surface area contributed by atoms with Crippen molar-refractivity contribution in [3.63, 3.8) is 0 Å². The Morgan fingerprint density at radius 1 is 0.632 bits per heavy atom. The molecule has 12 nitrogen and oxygen atoms in total. The molecule has 1 aliphatic rings. The lowest BCUT2D eigenvalue weighted by molar-refractivity contribution is -0.161. The fourth-order valence-electron chi connectivity index (χ4n) is 6.72. The normalized spacial score (nSPS) is 17.3.